The lowest BCUT2D eigenvalue weighted by atomic mass is 9.85. The molecule has 1 amide bonds. The Morgan fingerprint density at radius 3 is 2.41 bits per heavy atom. The number of nitrogens with one attached hydrogen (secondary N) is 1. The molecule has 2 N–H and O–H groups in total. The lowest BCUT2D eigenvalue weighted by Crippen LogP contribution is -2.44. The smallest absolute Gasteiger partial charge is 0.223 e. The predicted octanol–water partition coefficient (Wildman–Crippen LogP) is 1.84. The fraction of sp³-hybridized carbons (Fsp3) is 0.929. The highest BCUT2D eigenvalue weighted by atomic mass is 16.3. The van der Waals surface area contributed by atoms with Crippen LogP contribution in [0.1, 0.15) is 51.4 Å². The zero-order valence-corrected chi connectivity index (χ0v) is 10.5. The summed E-state index contributed by atoms with van der Waals surface area (Å²) in [6.07, 6.45) is 8.92. The van der Waals surface area contributed by atoms with Crippen molar-refractivity contribution in [3.8, 4) is 0 Å². The monoisotopic (exact) mass is 237 g/mol. The Labute approximate surface area is 103 Å². The molecule has 3 aliphatic carbocycles. The molecule has 3 nitrogen and oxygen atoms in total. The van der Waals surface area contributed by atoms with Gasteiger partial charge in [0.1, 0.15) is 0 Å². The van der Waals surface area contributed by atoms with Crippen molar-refractivity contribution < 1.29 is 9.90 Å². The molecule has 0 radical (unpaired) electrons. The number of carbonyl (C=O) groups excluding carboxylic acids is 1. The van der Waals surface area contributed by atoms with Crippen LogP contribution < -0.4 is 5.32 Å². The van der Waals surface area contributed by atoms with Gasteiger partial charge in [-0.25, -0.2) is 0 Å². The van der Waals surface area contributed by atoms with E-state index in [4.69, 9.17) is 0 Å². The quantitative estimate of drug-likeness (QED) is 0.787. The number of hydrogen-bond acceptors (Lipinski definition) is 2. The zero-order valence-electron chi connectivity index (χ0n) is 10.5. The van der Waals surface area contributed by atoms with Gasteiger partial charge in [-0.2, -0.15) is 0 Å². The van der Waals surface area contributed by atoms with E-state index < -0.39 is 5.60 Å². The number of rotatable bonds is 3. The highest BCUT2D eigenvalue weighted by Gasteiger charge is 2.56. The molecule has 0 spiro atoms. The molecule has 2 atom stereocenters. The van der Waals surface area contributed by atoms with Crippen LogP contribution >= 0.6 is 0 Å². The van der Waals surface area contributed by atoms with E-state index in [0.717, 1.165) is 25.7 Å². The van der Waals surface area contributed by atoms with Crippen molar-refractivity contribution in [3.05, 3.63) is 0 Å². The molecular weight excluding hydrogens is 214 g/mol. The van der Waals surface area contributed by atoms with Gasteiger partial charge in [0, 0.05) is 12.5 Å². The highest BCUT2D eigenvalue weighted by Crippen LogP contribution is 2.57. The SMILES string of the molecule is O=C(NCC1(O)CCCCC1)C1C2CCCC21. The van der Waals surface area contributed by atoms with Gasteiger partial charge in [-0.15, -0.1) is 0 Å². The summed E-state index contributed by atoms with van der Waals surface area (Å²) in [6, 6.07) is 0. The van der Waals surface area contributed by atoms with Gasteiger partial charge in [0.2, 0.25) is 5.91 Å². The lowest BCUT2D eigenvalue weighted by Gasteiger charge is -2.32. The summed E-state index contributed by atoms with van der Waals surface area (Å²) in [6.45, 7) is 0.474. The van der Waals surface area contributed by atoms with Gasteiger partial charge >= 0.3 is 0 Å². The van der Waals surface area contributed by atoms with Crippen molar-refractivity contribution in [2.45, 2.75) is 57.0 Å². The van der Waals surface area contributed by atoms with Crippen LogP contribution in [0.4, 0.5) is 0 Å². The third-order valence-corrected chi connectivity index (χ3v) is 5.09. The average Bonchev–Trinajstić information content (AvgIpc) is 2.81. The molecule has 17 heavy (non-hydrogen) atoms. The van der Waals surface area contributed by atoms with E-state index in [2.05, 4.69) is 5.32 Å². The van der Waals surface area contributed by atoms with E-state index in [1.807, 2.05) is 0 Å². The molecule has 0 bridgehead atoms. The second kappa shape index (κ2) is 4.27. The van der Waals surface area contributed by atoms with Gasteiger partial charge in [0.15, 0.2) is 0 Å². The predicted molar refractivity (Wildman–Crippen MR) is 65.4 cm³/mol. The minimum Gasteiger partial charge on any atom is -0.388 e. The molecule has 0 saturated heterocycles. The summed E-state index contributed by atoms with van der Waals surface area (Å²) < 4.78 is 0. The number of carbonyl (C=O) groups is 1. The zero-order chi connectivity index (χ0) is 11.9. The van der Waals surface area contributed by atoms with Crippen molar-refractivity contribution >= 4 is 5.91 Å². The first-order valence-corrected chi connectivity index (χ1v) is 7.20. The molecule has 3 saturated carbocycles. The molecule has 3 aliphatic rings. The van der Waals surface area contributed by atoms with Gasteiger partial charge in [-0.3, -0.25) is 4.79 Å². The van der Waals surface area contributed by atoms with Crippen molar-refractivity contribution in [1.29, 1.82) is 0 Å². The summed E-state index contributed by atoms with van der Waals surface area (Å²) >= 11 is 0. The molecule has 0 aliphatic heterocycles. The molecule has 0 heterocycles. The van der Waals surface area contributed by atoms with Crippen LogP contribution in [0.25, 0.3) is 0 Å². The maximum Gasteiger partial charge on any atom is 0.223 e. The minimum atomic E-state index is -0.613. The maximum atomic E-state index is 12.0. The standard InChI is InChI=1S/C14H23NO2/c16-13(12-10-5-4-6-11(10)12)15-9-14(17)7-2-1-3-8-14/h10-12,17H,1-9H2,(H,15,16). The maximum absolute atomic E-state index is 12.0. The van der Waals surface area contributed by atoms with Crippen LogP contribution in [0.3, 0.4) is 0 Å². The number of fused-ring (bicyclic) bond motifs is 1. The Bertz CT molecular complexity index is 299. The summed E-state index contributed by atoms with van der Waals surface area (Å²) in [5.41, 5.74) is -0.613. The fourth-order valence-corrected chi connectivity index (χ4v) is 3.97. The van der Waals surface area contributed by atoms with E-state index in [-0.39, 0.29) is 11.8 Å². The average molecular weight is 237 g/mol. The normalized spacial score (nSPS) is 38.5. The summed E-state index contributed by atoms with van der Waals surface area (Å²) in [4.78, 5) is 12.0. The number of amides is 1. The number of aliphatic hydroxyl groups is 1. The molecule has 3 heteroatoms. The molecule has 96 valence electrons. The molecule has 3 rings (SSSR count). The van der Waals surface area contributed by atoms with Crippen LogP contribution in [0.2, 0.25) is 0 Å². The van der Waals surface area contributed by atoms with Crippen molar-refractivity contribution in [2.24, 2.45) is 17.8 Å². The first kappa shape index (κ1) is 11.5. The molecular formula is C14H23NO2. The van der Waals surface area contributed by atoms with Gasteiger partial charge in [0.05, 0.1) is 5.60 Å². The van der Waals surface area contributed by atoms with Crippen molar-refractivity contribution in [3.63, 3.8) is 0 Å². The molecule has 0 aromatic rings. The Morgan fingerprint density at radius 2 is 1.76 bits per heavy atom. The van der Waals surface area contributed by atoms with Crippen molar-refractivity contribution in [1.82, 2.24) is 5.32 Å². The second-order valence-electron chi connectivity index (χ2n) is 6.29. The highest BCUT2D eigenvalue weighted by molar-refractivity contribution is 5.82. The Morgan fingerprint density at radius 1 is 1.12 bits per heavy atom. The third-order valence-electron chi connectivity index (χ3n) is 5.09. The second-order valence-corrected chi connectivity index (χ2v) is 6.29. The fourth-order valence-electron chi connectivity index (χ4n) is 3.97. The van der Waals surface area contributed by atoms with Crippen LogP contribution in [-0.4, -0.2) is 23.2 Å². The Balaban J connectivity index is 1.46. The summed E-state index contributed by atoms with van der Waals surface area (Å²) in [5, 5.41) is 13.3. The number of hydrogen-bond donors (Lipinski definition) is 2. The molecule has 0 aromatic carbocycles. The summed E-state index contributed by atoms with van der Waals surface area (Å²) in [5.74, 6) is 1.85. The van der Waals surface area contributed by atoms with Gasteiger partial charge in [-0.05, 0) is 37.5 Å². The third kappa shape index (κ3) is 2.22. The Kier molecular flexibility index (Phi) is 2.89. The van der Waals surface area contributed by atoms with Crippen LogP contribution in [0.5, 0.6) is 0 Å². The lowest BCUT2D eigenvalue weighted by molar-refractivity contribution is -0.124. The van der Waals surface area contributed by atoms with Crippen LogP contribution in [0, 0.1) is 17.8 Å². The Hall–Kier alpha value is -0.570. The van der Waals surface area contributed by atoms with Crippen LogP contribution in [0.15, 0.2) is 0 Å². The van der Waals surface area contributed by atoms with Gasteiger partial charge < -0.3 is 10.4 Å². The summed E-state index contributed by atoms with van der Waals surface area (Å²) in [7, 11) is 0. The van der Waals surface area contributed by atoms with Crippen molar-refractivity contribution in [2.75, 3.05) is 6.54 Å². The first-order valence-electron chi connectivity index (χ1n) is 7.20. The molecule has 2 unspecified atom stereocenters. The van der Waals surface area contributed by atoms with Gasteiger partial charge in [0.25, 0.3) is 0 Å². The topological polar surface area (TPSA) is 49.3 Å². The molecule has 0 aromatic heterocycles. The van der Waals surface area contributed by atoms with E-state index in [1.165, 1.54) is 25.7 Å². The largest absolute Gasteiger partial charge is 0.388 e. The first-order chi connectivity index (χ1) is 8.20. The minimum absolute atomic E-state index is 0.207. The molecule has 3 fully saturated rings. The van der Waals surface area contributed by atoms with E-state index in [0.29, 0.717) is 18.4 Å². The van der Waals surface area contributed by atoms with Gasteiger partial charge in [-0.1, -0.05) is 25.7 Å². The van der Waals surface area contributed by atoms with E-state index in [9.17, 15) is 9.90 Å². The van der Waals surface area contributed by atoms with E-state index in [1.54, 1.807) is 0 Å². The van der Waals surface area contributed by atoms with E-state index >= 15 is 0 Å². The van der Waals surface area contributed by atoms with Crippen LogP contribution in [-0.2, 0) is 4.79 Å².